The minimum atomic E-state index is -5.08. The molecule has 0 spiro atoms. The van der Waals surface area contributed by atoms with Crippen molar-refractivity contribution >= 4 is 11.9 Å². The average molecular weight is 240 g/mol. The van der Waals surface area contributed by atoms with Crippen LogP contribution in [0.3, 0.4) is 0 Å². The van der Waals surface area contributed by atoms with E-state index in [-0.39, 0.29) is 0 Å². The third kappa shape index (κ3) is 6.05. The highest BCUT2D eigenvalue weighted by Gasteiger charge is 2.38. The van der Waals surface area contributed by atoms with Gasteiger partial charge in [-0.15, -0.1) is 0 Å². The van der Waals surface area contributed by atoms with Crippen LogP contribution in [-0.4, -0.2) is 28.3 Å². The van der Waals surface area contributed by atoms with E-state index in [2.05, 4.69) is 0 Å². The fraction of sp³-hybridized carbons (Fsp3) is 0.556. The lowest BCUT2D eigenvalue weighted by Crippen LogP contribution is -2.21. The number of hydrogen-bond acceptors (Lipinski definition) is 2. The van der Waals surface area contributed by atoms with Crippen LogP contribution >= 0.6 is 0 Å². The predicted molar refractivity (Wildman–Crippen MR) is 47.9 cm³/mol. The van der Waals surface area contributed by atoms with Gasteiger partial charge in [0.25, 0.3) is 0 Å². The van der Waals surface area contributed by atoms with E-state index in [0.717, 1.165) is 25.7 Å². The van der Waals surface area contributed by atoms with Crippen molar-refractivity contribution < 1.29 is 33.0 Å². The van der Waals surface area contributed by atoms with E-state index in [0.29, 0.717) is 5.57 Å². The number of rotatable bonds is 1. The van der Waals surface area contributed by atoms with Gasteiger partial charge in [0.15, 0.2) is 0 Å². The Kier molecular flexibility index (Phi) is 5.55. The standard InChI is InChI=1S/C7H10O2.C2HF3O2/c8-7(9)6-4-2-1-3-5-6;3-2(4,5)1(6)7/h4H,1-3,5H2,(H,8,9);(H,6,7). The van der Waals surface area contributed by atoms with Crippen molar-refractivity contribution in [3.63, 3.8) is 0 Å². The lowest BCUT2D eigenvalue weighted by atomic mass is 10.0. The Balaban J connectivity index is 0.000000293. The normalized spacial score (nSPS) is 15.6. The minimum Gasteiger partial charge on any atom is -0.478 e. The van der Waals surface area contributed by atoms with Gasteiger partial charge in [-0.05, 0) is 25.7 Å². The molecule has 0 aromatic carbocycles. The molecule has 0 aromatic rings. The van der Waals surface area contributed by atoms with Gasteiger partial charge >= 0.3 is 18.1 Å². The molecule has 1 rings (SSSR count). The predicted octanol–water partition coefficient (Wildman–Crippen LogP) is 2.20. The maximum absolute atomic E-state index is 10.6. The lowest BCUT2D eigenvalue weighted by molar-refractivity contribution is -0.192. The van der Waals surface area contributed by atoms with Crippen molar-refractivity contribution in [1.29, 1.82) is 0 Å². The van der Waals surface area contributed by atoms with E-state index in [1.807, 2.05) is 6.08 Å². The van der Waals surface area contributed by atoms with Crippen LogP contribution in [0.1, 0.15) is 25.7 Å². The Morgan fingerprint density at radius 3 is 1.88 bits per heavy atom. The van der Waals surface area contributed by atoms with E-state index in [1.54, 1.807) is 0 Å². The summed E-state index contributed by atoms with van der Waals surface area (Å²) in [4.78, 5) is 19.2. The van der Waals surface area contributed by atoms with Crippen LogP contribution in [0.4, 0.5) is 13.2 Å². The van der Waals surface area contributed by atoms with E-state index < -0.39 is 18.1 Å². The molecule has 4 nitrogen and oxygen atoms in total. The lowest BCUT2D eigenvalue weighted by Gasteiger charge is -2.06. The zero-order valence-electron chi connectivity index (χ0n) is 8.25. The van der Waals surface area contributed by atoms with Crippen LogP contribution in [0.5, 0.6) is 0 Å². The molecular formula is C9H11F3O4. The summed E-state index contributed by atoms with van der Waals surface area (Å²) in [5, 5.41) is 15.6. The largest absolute Gasteiger partial charge is 0.490 e. The van der Waals surface area contributed by atoms with Gasteiger partial charge in [0.1, 0.15) is 0 Å². The second-order valence-electron chi connectivity index (χ2n) is 3.08. The summed E-state index contributed by atoms with van der Waals surface area (Å²) >= 11 is 0. The fourth-order valence-electron chi connectivity index (χ4n) is 1.03. The Bertz CT molecular complexity index is 294. The molecule has 0 bridgehead atoms. The van der Waals surface area contributed by atoms with Gasteiger partial charge in [-0.25, -0.2) is 9.59 Å². The molecule has 92 valence electrons. The van der Waals surface area contributed by atoms with Crippen LogP contribution in [0, 0.1) is 0 Å². The maximum atomic E-state index is 10.6. The van der Waals surface area contributed by atoms with Crippen molar-refractivity contribution in [3.8, 4) is 0 Å². The van der Waals surface area contributed by atoms with Crippen molar-refractivity contribution in [2.24, 2.45) is 0 Å². The number of carboxylic acids is 2. The second-order valence-corrected chi connectivity index (χ2v) is 3.08. The first-order valence-electron chi connectivity index (χ1n) is 4.47. The Morgan fingerprint density at radius 1 is 1.19 bits per heavy atom. The van der Waals surface area contributed by atoms with Gasteiger partial charge < -0.3 is 10.2 Å². The molecule has 0 radical (unpaired) electrons. The second kappa shape index (κ2) is 6.14. The van der Waals surface area contributed by atoms with E-state index >= 15 is 0 Å². The van der Waals surface area contributed by atoms with Crippen molar-refractivity contribution in [3.05, 3.63) is 11.6 Å². The summed E-state index contributed by atoms with van der Waals surface area (Å²) in [6, 6.07) is 0. The number of aliphatic carboxylic acids is 2. The molecule has 0 aromatic heterocycles. The quantitative estimate of drug-likeness (QED) is 0.736. The highest BCUT2D eigenvalue weighted by molar-refractivity contribution is 5.86. The summed E-state index contributed by atoms with van der Waals surface area (Å²) in [5.74, 6) is -3.50. The van der Waals surface area contributed by atoms with Gasteiger partial charge in [-0.2, -0.15) is 13.2 Å². The van der Waals surface area contributed by atoms with Crippen molar-refractivity contribution in [1.82, 2.24) is 0 Å². The Morgan fingerprint density at radius 2 is 1.69 bits per heavy atom. The molecule has 0 amide bonds. The molecule has 0 saturated heterocycles. The van der Waals surface area contributed by atoms with E-state index in [1.165, 1.54) is 0 Å². The number of carbonyl (C=O) groups is 2. The molecule has 0 fully saturated rings. The smallest absolute Gasteiger partial charge is 0.478 e. The molecule has 7 heteroatoms. The Labute approximate surface area is 89.4 Å². The molecular weight excluding hydrogens is 229 g/mol. The van der Waals surface area contributed by atoms with Crippen LogP contribution in [0.25, 0.3) is 0 Å². The third-order valence-electron chi connectivity index (χ3n) is 1.81. The number of carboxylic acid groups (broad SMARTS) is 2. The van der Waals surface area contributed by atoms with Gasteiger partial charge in [0.2, 0.25) is 0 Å². The summed E-state index contributed by atoms with van der Waals surface area (Å²) in [5.41, 5.74) is 0.598. The molecule has 1 aliphatic carbocycles. The zero-order valence-corrected chi connectivity index (χ0v) is 8.25. The summed E-state index contributed by atoms with van der Waals surface area (Å²) in [7, 11) is 0. The minimum absolute atomic E-state index is 0.598. The first-order chi connectivity index (χ1) is 7.25. The molecule has 0 unspecified atom stereocenters. The van der Waals surface area contributed by atoms with Crippen LogP contribution in [0.2, 0.25) is 0 Å². The fourth-order valence-corrected chi connectivity index (χ4v) is 1.03. The zero-order chi connectivity index (χ0) is 12.8. The highest BCUT2D eigenvalue weighted by Crippen LogP contribution is 2.16. The number of hydrogen-bond donors (Lipinski definition) is 2. The van der Waals surface area contributed by atoms with Gasteiger partial charge in [-0.3, -0.25) is 0 Å². The SMILES string of the molecule is O=C(O)C(F)(F)F.O=C(O)C1=CCCCC1. The topological polar surface area (TPSA) is 74.6 Å². The third-order valence-corrected chi connectivity index (χ3v) is 1.81. The molecule has 0 atom stereocenters. The number of alkyl halides is 3. The number of halogens is 3. The maximum Gasteiger partial charge on any atom is 0.490 e. The average Bonchev–Trinajstić information content (AvgIpc) is 2.18. The molecule has 16 heavy (non-hydrogen) atoms. The highest BCUT2D eigenvalue weighted by atomic mass is 19.4. The molecule has 0 saturated carbocycles. The first kappa shape index (κ1) is 14.5. The molecule has 0 aliphatic heterocycles. The van der Waals surface area contributed by atoms with Gasteiger partial charge in [0.05, 0.1) is 0 Å². The molecule has 1 aliphatic rings. The monoisotopic (exact) mass is 240 g/mol. The summed E-state index contributed by atoms with van der Waals surface area (Å²) < 4.78 is 31.7. The van der Waals surface area contributed by atoms with Crippen molar-refractivity contribution in [2.75, 3.05) is 0 Å². The first-order valence-corrected chi connectivity index (χ1v) is 4.47. The van der Waals surface area contributed by atoms with Crippen LogP contribution in [-0.2, 0) is 9.59 Å². The molecule has 0 heterocycles. The van der Waals surface area contributed by atoms with Gasteiger partial charge in [0, 0.05) is 5.57 Å². The van der Waals surface area contributed by atoms with Crippen LogP contribution in [0.15, 0.2) is 11.6 Å². The van der Waals surface area contributed by atoms with Gasteiger partial charge in [-0.1, -0.05) is 6.08 Å². The van der Waals surface area contributed by atoms with E-state index in [9.17, 15) is 18.0 Å². The van der Waals surface area contributed by atoms with Crippen LogP contribution < -0.4 is 0 Å². The van der Waals surface area contributed by atoms with E-state index in [4.69, 9.17) is 15.0 Å². The molecule has 2 N–H and O–H groups in total. The summed E-state index contributed by atoms with van der Waals surface area (Å²) in [6.45, 7) is 0. The number of allylic oxidation sites excluding steroid dienone is 1. The summed E-state index contributed by atoms with van der Waals surface area (Å²) in [6.07, 6.45) is 0.637. The Hall–Kier alpha value is -1.53. The van der Waals surface area contributed by atoms with Crippen molar-refractivity contribution in [2.45, 2.75) is 31.9 Å².